The van der Waals surface area contributed by atoms with Crippen molar-refractivity contribution < 1.29 is 14.3 Å². The minimum absolute atomic E-state index is 0.0239. The highest BCUT2D eigenvalue weighted by atomic mass is 16.5. The minimum Gasteiger partial charge on any atom is -0.497 e. The van der Waals surface area contributed by atoms with Crippen LogP contribution in [0.4, 0.5) is 5.69 Å². The molecule has 0 N–H and O–H groups in total. The lowest BCUT2D eigenvalue weighted by molar-refractivity contribution is -0.143. The number of carbonyl (C=O) groups excluding carboxylic acids is 1. The number of anilines is 1. The Labute approximate surface area is 155 Å². The second kappa shape index (κ2) is 8.23. The molecule has 0 spiro atoms. The minimum atomic E-state index is -0.549. The van der Waals surface area contributed by atoms with Gasteiger partial charge in [0, 0.05) is 44.5 Å². The van der Waals surface area contributed by atoms with Gasteiger partial charge in [-0.1, -0.05) is 36.4 Å². The van der Waals surface area contributed by atoms with Gasteiger partial charge >= 0.3 is 0 Å². The molecule has 5 heteroatoms. The molecule has 138 valence electrons. The van der Waals surface area contributed by atoms with E-state index in [0.717, 1.165) is 23.5 Å². The maximum atomic E-state index is 13.0. The summed E-state index contributed by atoms with van der Waals surface area (Å²) in [5, 5.41) is 0. The molecule has 0 unspecified atom stereocenters. The summed E-state index contributed by atoms with van der Waals surface area (Å²) in [5.74, 6) is 0.868. The number of piperazine rings is 1. The normalized spacial score (nSPS) is 18.5. The molecule has 0 aromatic heterocycles. The summed E-state index contributed by atoms with van der Waals surface area (Å²) in [5.41, 5.74) is 2.01. The highest BCUT2D eigenvalue weighted by molar-refractivity contribution is 5.82. The molecule has 2 aromatic carbocycles. The van der Waals surface area contributed by atoms with Crippen molar-refractivity contribution in [1.82, 2.24) is 4.90 Å². The number of benzene rings is 2. The summed E-state index contributed by atoms with van der Waals surface area (Å²) in [6.07, 6.45) is -0.549. The first-order chi connectivity index (χ1) is 12.6. The van der Waals surface area contributed by atoms with Gasteiger partial charge in [-0.25, -0.2) is 0 Å². The second-order valence-corrected chi connectivity index (χ2v) is 6.55. The number of hydrogen-bond acceptors (Lipinski definition) is 4. The van der Waals surface area contributed by atoms with Crippen LogP contribution in [0.3, 0.4) is 0 Å². The Hall–Kier alpha value is -2.53. The number of methoxy groups -OCH3 is 2. The molecule has 0 bridgehead atoms. The molecule has 26 heavy (non-hydrogen) atoms. The van der Waals surface area contributed by atoms with Crippen LogP contribution < -0.4 is 9.64 Å². The van der Waals surface area contributed by atoms with Crippen LogP contribution in [-0.2, 0) is 9.53 Å². The Morgan fingerprint density at radius 3 is 2.50 bits per heavy atom. The smallest absolute Gasteiger partial charge is 0.256 e. The summed E-state index contributed by atoms with van der Waals surface area (Å²) in [4.78, 5) is 17.2. The van der Waals surface area contributed by atoms with Gasteiger partial charge in [0.05, 0.1) is 7.11 Å². The van der Waals surface area contributed by atoms with Gasteiger partial charge in [-0.15, -0.1) is 0 Å². The Balaban J connectivity index is 1.70. The van der Waals surface area contributed by atoms with Crippen molar-refractivity contribution in [2.45, 2.75) is 19.1 Å². The van der Waals surface area contributed by atoms with Crippen molar-refractivity contribution in [3.63, 3.8) is 0 Å². The van der Waals surface area contributed by atoms with E-state index in [-0.39, 0.29) is 11.9 Å². The van der Waals surface area contributed by atoms with Gasteiger partial charge in [-0.3, -0.25) is 4.79 Å². The number of hydrogen-bond donors (Lipinski definition) is 0. The summed E-state index contributed by atoms with van der Waals surface area (Å²) < 4.78 is 10.8. The topological polar surface area (TPSA) is 42.0 Å². The Morgan fingerprint density at radius 1 is 1.08 bits per heavy atom. The molecular formula is C21H26N2O3. The number of rotatable bonds is 5. The SMILES string of the molecule is COc1cccc(N2CCN(C(=O)[C@@H](OC)c3ccccc3)C[C@@H]2C)c1. The Kier molecular flexibility index (Phi) is 5.78. The van der Waals surface area contributed by atoms with Gasteiger partial charge in [-0.05, 0) is 24.6 Å². The summed E-state index contributed by atoms with van der Waals surface area (Å²) in [7, 11) is 3.26. The van der Waals surface area contributed by atoms with E-state index < -0.39 is 6.10 Å². The average Bonchev–Trinajstić information content (AvgIpc) is 2.69. The molecule has 2 atom stereocenters. The van der Waals surface area contributed by atoms with Crippen molar-refractivity contribution in [1.29, 1.82) is 0 Å². The molecule has 3 rings (SSSR count). The van der Waals surface area contributed by atoms with Crippen LogP contribution in [0.25, 0.3) is 0 Å². The molecule has 1 fully saturated rings. The zero-order valence-corrected chi connectivity index (χ0v) is 15.6. The van der Waals surface area contributed by atoms with E-state index in [4.69, 9.17) is 9.47 Å². The van der Waals surface area contributed by atoms with Gasteiger partial charge in [0.25, 0.3) is 5.91 Å². The average molecular weight is 354 g/mol. The van der Waals surface area contributed by atoms with Gasteiger partial charge in [-0.2, -0.15) is 0 Å². The van der Waals surface area contributed by atoms with Gasteiger partial charge in [0.15, 0.2) is 6.10 Å². The van der Waals surface area contributed by atoms with E-state index in [1.54, 1.807) is 14.2 Å². The van der Waals surface area contributed by atoms with Gasteiger partial charge in [0.2, 0.25) is 0 Å². The van der Waals surface area contributed by atoms with Gasteiger partial charge in [0.1, 0.15) is 5.75 Å². The number of carbonyl (C=O) groups is 1. The lowest BCUT2D eigenvalue weighted by Gasteiger charge is -2.42. The van der Waals surface area contributed by atoms with E-state index in [1.807, 2.05) is 53.4 Å². The largest absolute Gasteiger partial charge is 0.497 e. The molecule has 5 nitrogen and oxygen atoms in total. The van der Waals surface area contributed by atoms with E-state index in [0.29, 0.717) is 13.1 Å². The quantitative estimate of drug-likeness (QED) is 0.827. The third-order valence-electron chi connectivity index (χ3n) is 4.89. The van der Waals surface area contributed by atoms with Crippen LogP contribution in [0.1, 0.15) is 18.6 Å². The number of ether oxygens (including phenoxy) is 2. The number of nitrogens with zero attached hydrogens (tertiary/aromatic N) is 2. The van der Waals surface area contributed by atoms with Crippen molar-refractivity contribution in [3.05, 3.63) is 60.2 Å². The highest BCUT2D eigenvalue weighted by Crippen LogP contribution is 2.26. The third-order valence-corrected chi connectivity index (χ3v) is 4.89. The monoisotopic (exact) mass is 354 g/mol. The standard InChI is InChI=1S/C21H26N2O3/c1-16-15-22(21(24)20(26-3)17-8-5-4-6-9-17)12-13-23(16)18-10-7-11-19(14-18)25-2/h4-11,14,16,20H,12-13,15H2,1-3H3/t16-,20-/m0/s1. The van der Waals surface area contributed by atoms with Crippen molar-refractivity contribution in [3.8, 4) is 5.75 Å². The number of amides is 1. The molecule has 1 saturated heterocycles. The Morgan fingerprint density at radius 2 is 1.85 bits per heavy atom. The molecule has 0 aliphatic carbocycles. The predicted octanol–water partition coefficient (Wildman–Crippen LogP) is 3.12. The van der Waals surface area contributed by atoms with Crippen LogP contribution >= 0.6 is 0 Å². The van der Waals surface area contributed by atoms with Crippen LogP contribution in [0, 0.1) is 0 Å². The first-order valence-electron chi connectivity index (χ1n) is 8.91. The fourth-order valence-electron chi connectivity index (χ4n) is 3.50. The molecule has 1 aliphatic rings. The maximum absolute atomic E-state index is 13.0. The van der Waals surface area contributed by atoms with Crippen LogP contribution in [0.5, 0.6) is 5.75 Å². The van der Waals surface area contributed by atoms with Crippen molar-refractivity contribution in [2.75, 3.05) is 38.8 Å². The zero-order valence-electron chi connectivity index (χ0n) is 15.6. The maximum Gasteiger partial charge on any atom is 0.256 e. The summed E-state index contributed by atoms with van der Waals surface area (Å²) >= 11 is 0. The van der Waals surface area contributed by atoms with Gasteiger partial charge < -0.3 is 19.3 Å². The molecule has 2 aromatic rings. The van der Waals surface area contributed by atoms with Crippen LogP contribution in [0.15, 0.2) is 54.6 Å². The van der Waals surface area contributed by atoms with E-state index in [2.05, 4.69) is 17.9 Å². The lowest BCUT2D eigenvalue weighted by Crippen LogP contribution is -2.54. The second-order valence-electron chi connectivity index (χ2n) is 6.55. The Bertz CT molecular complexity index is 735. The molecule has 1 aliphatic heterocycles. The summed E-state index contributed by atoms with van der Waals surface area (Å²) in [6.45, 7) is 4.27. The van der Waals surface area contributed by atoms with Crippen LogP contribution in [-0.4, -0.2) is 50.7 Å². The summed E-state index contributed by atoms with van der Waals surface area (Å²) in [6, 6.07) is 17.9. The first-order valence-corrected chi connectivity index (χ1v) is 8.91. The fraction of sp³-hybridized carbons (Fsp3) is 0.381. The molecule has 0 saturated carbocycles. The lowest BCUT2D eigenvalue weighted by atomic mass is 10.1. The van der Waals surface area contributed by atoms with Crippen molar-refractivity contribution in [2.24, 2.45) is 0 Å². The zero-order chi connectivity index (χ0) is 18.5. The first kappa shape index (κ1) is 18.3. The molecule has 1 amide bonds. The van der Waals surface area contributed by atoms with Crippen LogP contribution in [0.2, 0.25) is 0 Å². The van der Waals surface area contributed by atoms with E-state index >= 15 is 0 Å². The molecule has 0 radical (unpaired) electrons. The third kappa shape index (κ3) is 3.83. The fourth-order valence-corrected chi connectivity index (χ4v) is 3.50. The predicted molar refractivity (Wildman–Crippen MR) is 103 cm³/mol. The molecule has 1 heterocycles. The van der Waals surface area contributed by atoms with E-state index in [1.165, 1.54) is 0 Å². The highest BCUT2D eigenvalue weighted by Gasteiger charge is 2.31. The van der Waals surface area contributed by atoms with Crippen molar-refractivity contribution >= 4 is 11.6 Å². The van der Waals surface area contributed by atoms with E-state index in [9.17, 15) is 4.79 Å². The molecular weight excluding hydrogens is 328 g/mol.